The first-order valence-corrected chi connectivity index (χ1v) is 11.1. The van der Waals surface area contributed by atoms with Gasteiger partial charge in [-0.15, -0.1) is 10.2 Å². The number of piperazine rings is 1. The van der Waals surface area contributed by atoms with Crippen molar-refractivity contribution in [1.82, 2.24) is 29.9 Å². The molecule has 1 aliphatic heterocycles. The predicted molar refractivity (Wildman–Crippen MR) is 123 cm³/mol. The Labute approximate surface area is 186 Å². The van der Waals surface area contributed by atoms with Gasteiger partial charge in [0.2, 0.25) is 5.95 Å². The summed E-state index contributed by atoms with van der Waals surface area (Å²) in [4.78, 5) is 11.1. The highest BCUT2D eigenvalue weighted by Crippen LogP contribution is 2.35. The fourth-order valence-electron chi connectivity index (χ4n) is 4.55. The molecular formula is C24H25N7O. The molecule has 1 aliphatic carbocycles. The Morgan fingerprint density at radius 1 is 1.06 bits per heavy atom. The van der Waals surface area contributed by atoms with Gasteiger partial charge < -0.3 is 19.7 Å². The van der Waals surface area contributed by atoms with Gasteiger partial charge in [0.05, 0.1) is 23.7 Å². The number of hydrogen-bond acceptors (Lipinski definition) is 7. The third kappa shape index (κ3) is 3.46. The number of pyridine rings is 1. The van der Waals surface area contributed by atoms with Crippen molar-refractivity contribution in [2.75, 3.05) is 24.5 Å². The molecule has 0 amide bonds. The average Bonchev–Trinajstić information content (AvgIpc) is 3.62. The summed E-state index contributed by atoms with van der Waals surface area (Å²) in [6.07, 6.45) is 8.15. The molecule has 0 radical (unpaired) electrons. The molecule has 0 bridgehead atoms. The van der Waals surface area contributed by atoms with Crippen molar-refractivity contribution in [3.05, 3.63) is 54.7 Å². The molecule has 0 unspecified atom stereocenters. The van der Waals surface area contributed by atoms with Gasteiger partial charge in [-0.25, -0.2) is 9.97 Å². The van der Waals surface area contributed by atoms with Crippen molar-refractivity contribution >= 4 is 11.5 Å². The quantitative estimate of drug-likeness (QED) is 0.517. The Hall–Kier alpha value is -3.52. The molecular weight excluding hydrogens is 402 g/mol. The maximum atomic E-state index is 10.7. The lowest BCUT2D eigenvalue weighted by atomic mass is 10.0. The molecule has 0 spiro atoms. The van der Waals surface area contributed by atoms with E-state index in [1.165, 1.54) is 12.8 Å². The van der Waals surface area contributed by atoms with E-state index in [1.807, 2.05) is 41.8 Å². The highest BCUT2D eigenvalue weighted by Gasteiger charge is 2.34. The zero-order chi connectivity index (χ0) is 21.7. The molecule has 6 rings (SSSR count). The molecule has 1 saturated carbocycles. The number of anilines is 1. The van der Waals surface area contributed by atoms with Crippen LogP contribution in [-0.2, 0) is 0 Å². The summed E-state index contributed by atoms with van der Waals surface area (Å²) in [7, 11) is 0. The lowest BCUT2D eigenvalue weighted by Gasteiger charge is -2.33. The van der Waals surface area contributed by atoms with E-state index in [1.54, 1.807) is 18.6 Å². The van der Waals surface area contributed by atoms with Crippen LogP contribution in [0.15, 0.2) is 49.1 Å². The SMILES string of the molecule is Cc1ncn2cc(-c3ccc(-c4cnc(N5CCN[C@@H](C6CC6)C5)nn4)c(O)c3)ccc12. The monoisotopic (exact) mass is 427 g/mol. The number of imidazole rings is 1. The second kappa shape index (κ2) is 7.56. The normalized spacial score (nSPS) is 18.9. The maximum absolute atomic E-state index is 10.7. The number of rotatable bonds is 4. The van der Waals surface area contributed by atoms with Gasteiger partial charge in [0.15, 0.2) is 0 Å². The summed E-state index contributed by atoms with van der Waals surface area (Å²) in [5, 5.41) is 23.0. The highest BCUT2D eigenvalue weighted by atomic mass is 16.3. The lowest BCUT2D eigenvalue weighted by molar-refractivity contribution is 0.414. The van der Waals surface area contributed by atoms with Crippen LogP contribution in [0, 0.1) is 12.8 Å². The van der Waals surface area contributed by atoms with Crippen molar-refractivity contribution in [3.63, 3.8) is 0 Å². The van der Waals surface area contributed by atoms with Gasteiger partial charge in [0, 0.05) is 37.4 Å². The van der Waals surface area contributed by atoms with E-state index in [0.717, 1.165) is 47.9 Å². The summed E-state index contributed by atoms with van der Waals surface area (Å²) in [6.45, 7) is 4.74. The zero-order valence-electron chi connectivity index (χ0n) is 17.9. The number of aromatic nitrogens is 5. The van der Waals surface area contributed by atoms with Crippen molar-refractivity contribution < 1.29 is 5.11 Å². The molecule has 1 aromatic carbocycles. The number of phenolic OH excluding ortho intramolecular Hbond substituents is 1. The number of nitrogens with zero attached hydrogens (tertiary/aromatic N) is 6. The van der Waals surface area contributed by atoms with E-state index >= 15 is 0 Å². The molecule has 8 heteroatoms. The minimum Gasteiger partial charge on any atom is -0.507 e. The fourth-order valence-corrected chi connectivity index (χ4v) is 4.55. The van der Waals surface area contributed by atoms with Crippen molar-refractivity contribution in [2.24, 2.45) is 5.92 Å². The number of phenols is 1. The topological polar surface area (TPSA) is 91.5 Å². The van der Waals surface area contributed by atoms with Crippen molar-refractivity contribution in [3.8, 4) is 28.1 Å². The van der Waals surface area contributed by atoms with Gasteiger partial charge in [-0.05, 0) is 55.0 Å². The first kappa shape index (κ1) is 19.2. The van der Waals surface area contributed by atoms with Crippen LogP contribution in [0.3, 0.4) is 0 Å². The van der Waals surface area contributed by atoms with E-state index in [0.29, 0.717) is 23.2 Å². The Morgan fingerprint density at radius 2 is 1.94 bits per heavy atom. The van der Waals surface area contributed by atoms with Gasteiger partial charge in [-0.1, -0.05) is 12.1 Å². The Morgan fingerprint density at radius 3 is 2.72 bits per heavy atom. The van der Waals surface area contributed by atoms with Gasteiger partial charge in [0.25, 0.3) is 0 Å². The second-order valence-electron chi connectivity index (χ2n) is 8.76. The van der Waals surface area contributed by atoms with Gasteiger partial charge in [-0.3, -0.25) is 0 Å². The van der Waals surface area contributed by atoms with Crippen LogP contribution in [-0.4, -0.2) is 55.3 Å². The molecule has 4 heterocycles. The third-order valence-electron chi connectivity index (χ3n) is 6.56. The summed E-state index contributed by atoms with van der Waals surface area (Å²) < 4.78 is 1.99. The van der Waals surface area contributed by atoms with Gasteiger partial charge in [0.1, 0.15) is 11.4 Å². The Kier molecular flexibility index (Phi) is 4.53. The van der Waals surface area contributed by atoms with Gasteiger partial charge in [-0.2, -0.15) is 0 Å². The van der Waals surface area contributed by atoms with E-state index in [9.17, 15) is 5.11 Å². The average molecular weight is 428 g/mol. The summed E-state index contributed by atoms with van der Waals surface area (Å²) in [5.41, 5.74) is 5.17. The third-order valence-corrected chi connectivity index (χ3v) is 6.56. The van der Waals surface area contributed by atoms with E-state index in [2.05, 4.69) is 30.4 Å². The van der Waals surface area contributed by atoms with E-state index in [4.69, 9.17) is 0 Å². The molecule has 3 aromatic heterocycles. The number of aryl methyl sites for hydroxylation is 1. The minimum atomic E-state index is 0.157. The molecule has 2 fully saturated rings. The molecule has 4 aromatic rings. The lowest BCUT2D eigenvalue weighted by Crippen LogP contribution is -2.52. The van der Waals surface area contributed by atoms with Crippen molar-refractivity contribution in [1.29, 1.82) is 0 Å². The van der Waals surface area contributed by atoms with Crippen LogP contribution in [0.5, 0.6) is 5.75 Å². The molecule has 2 aliphatic rings. The molecule has 8 nitrogen and oxygen atoms in total. The van der Waals surface area contributed by atoms with Crippen LogP contribution in [0.2, 0.25) is 0 Å². The summed E-state index contributed by atoms with van der Waals surface area (Å²) >= 11 is 0. The van der Waals surface area contributed by atoms with Crippen LogP contribution >= 0.6 is 0 Å². The predicted octanol–water partition coefficient (Wildman–Crippen LogP) is 3.06. The largest absolute Gasteiger partial charge is 0.507 e. The maximum Gasteiger partial charge on any atom is 0.245 e. The summed E-state index contributed by atoms with van der Waals surface area (Å²) in [6, 6.07) is 10.2. The number of aromatic hydroxyl groups is 1. The number of nitrogens with one attached hydrogen (secondary N) is 1. The molecule has 1 saturated heterocycles. The molecule has 32 heavy (non-hydrogen) atoms. The molecule has 162 valence electrons. The highest BCUT2D eigenvalue weighted by molar-refractivity contribution is 5.74. The number of benzene rings is 1. The van der Waals surface area contributed by atoms with E-state index < -0.39 is 0 Å². The second-order valence-corrected chi connectivity index (χ2v) is 8.76. The first-order valence-electron chi connectivity index (χ1n) is 11.1. The van der Waals surface area contributed by atoms with Crippen LogP contribution in [0.4, 0.5) is 5.95 Å². The van der Waals surface area contributed by atoms with Crippen LogP contribution in [0.25, 0.3) is 27.9 Å². The Balaban J connectivity index is 1.23. The zero-order valence-corrected chi connectivity index (χ0v) is 17.9. The standard InChI is InChI=1S/C24H25N7O/c1-15-22-7-5-18(12-31(22)14-27-15)17-4-6-19(23(32)10-17)20-11-26-24(29-28-20)30-9-8-25-21(13-30)16-2-3-16/h4-7,10-12,14,16,21,25,32H,2-3,8-9,13H2,1H3/t21-/m1/s1. The van der Waals surface area contributed by atoms with Crippen LogP contribution < -0.4 is 10.2 Å². The minimum absolute atomic E-state index is 0.157. The van der Waals surface area contributed by atoms with E-state index in [-0.39, 0.29) is 5.75 Å². The summed E-state index contributed by atoms with van der Waals surface area (Å²) in [5.74, 6) is 1.60. The fraction of sp³-hybridized carbons (Fsp3) is 0.333. The number of hydrogen-bond donors (Lipinski definition) is 2. The first-order chi connectivity index (χ1) is 15.7. The molecule has 2 N–H and O–H groups in total. The Bertz CT molecular complexity index is 1280. The van der Waals surface area contributed by atoms with Crippen molar-refractivity contribution in [2.45, 2.75) is 25.8 Å². The van der Waals surface area contributed by atoms with Crippen LogP contribution in [0.1, 0.15) is 18.5 Å². The molecule has 1 atom stereocenters. The van der Waals surface area contributed by atoms with Gasteiger partial charge >= 0.3 is 0 Å². The smallest absolute Gasteiger partial charge is 0.245 e. The number of fused-ring (bicyclic) bond motifs is 1.